The predicted molar refractivity (Wildman–Crippen MR) is 79.1 cm³/mol. The molecule has 1 aromatic rings. The van der Waals surface area contributed by atoms with E-state index in [4.69, 9.17) is 5.73 Å². The second-order valence-corrected chi connectivity index (χ2v) is 6.24. The minimum Gasteiger partial charge on any atom is -0.396 e. The molecule has 0 aliphatic carbocycles. The number of hydrogen-bond acceptors (Lipinski definition) is 3. The number of nitrogens with two attached hydrogens (primary N) is 1. The molecule has 2 atom stereocenters. The van der Waals surface area contributed by atoms with E-state index in [1.54, 1.807) is 6.07 Å². The van der Waals surface area contributed by atoms with Crippen LogP contribution in [0.25, 0.3) is 0 Å². The van der Waals surface area contributed by atoms with E-state index in [-0.39, 0.29) is 6.04 Å². The van der Waals surface area contributed by atoms with E-state index in [0.29, 0.717) is 17.5 Å². The van der Waals surface area contributed by atoms with Gasteiger partial charge < -0.3 is 15.2 Å². The Labute approximate surface area is 115 Å². The first kappa shape index (κ1) is 13.8. The van der Waals surface area contributed by atoms with Gasteiger partial charge in [0.2, 0.25) is 0 Å². The Morgan fingerprint density at radius 1 is 1.32 bits per heavy atom. The van der Waals surface area contributed by atoms with Crippen molar-refractivity contribution in [1.82, 2.24) is 4.57 Å². The highest BCUT2D eigenvalue weighted by atomic mass is 15.3. The summed E-state index contributed by atoms with van der Waals surface area (Å²) in [6.07, 6.45) is 1.27. The van der Waals surface area contributed by atoms with Crippen molar-refractivity contribution in [3.63, 3.8) is 0 Å². The molecule has 1 fully saturated rings. The molecule has 2 N–H and O–H groups in total. The molecule has 4 nitrogen and oxygen atoms in total. The molecule has 0 aromatic carbocycles. The standard InChI is InChI=1S/C15H24N4/c1-10(2)19-13(7-16)6-14(17)15(19)18-8-11(3)5-12(4)9-18/h6,10-12H,5,8-9,17H2,1-4H3/t11-,12-/m1/s1. The van der Waals surface area contributed by atoms with E-state index in [2.05, 4.69) is 43.2 Å². The van der Waals surface area contributed by atoms with Crippen LogP contribution in [0, 0.1) is 23.2 Å². The van der Waals surface area contributed by atoms with Crippen molar-refractivity contribution in [1.29, 1.82) is 5.26 Å². The lowest BCUT2D eigenvalue weighted by atomic mass is 9.92. The monoisotopic (exact) mass is 260 g/mol. The summed E-state index contributed by atoms with van der Waals surface area (Å²) in [6.45, 7) is 10.8. The van der Waals surface area contributed by atoms with Gasteiger partial charge in [-0.15, -0.1) is 0 Å². The Balaban J connectivity index is 2.44. The highest BCUT2D eigenvalue weighted by Gasteiger charge is 2.27. The van der Waals surface area contributed by atoms with E-state index >= 15 is 0 Å². The summed E-state index contributed by atoms with van der Waals surface area (Å²) < 4.78 is 2.07. The van der Waals surface area contributed by atoms with E-state index in [1.807, 2.05) is 0 Å². The fraction of sp³-hybridized carbons (Fsp3) is 0.667. The molecule has 0 spiro atoms. The molecule has 0 amide bonds. The van der Waals surface area contributed by atoms with Crippen molar-refractivity contribution >= 4 is 11.5 Å². The van der Waals surface area contributed by atoms with Gasteiger partial charge in [-0.3, -0.25) is 0 Å². The van der Waals surface area contributed by atoms with Crippen molar-refractivity contribution in [2.75, 3.05) is 23.7 Å². The lowest BCUT2D eigenvalue weighted by molar-refractivity contribution is 0.352. The molecular weight excluding hydrogens is 236 g/mol. The SMILES string of the molecule is CC(C)n1c(C#N)cc(N)c1N1C[C@H](C)C[C@@H](C)C1. The lowest BCUT2D eigenvalue weighted by Gasteiger charge is -2.37. The van der Waals surface area contributed by atoms with Gasteiger partial charge in [-0.1, -0.05) is 13.8 Å². The summed E-state index contributed by atoms with van der Waals surface area (Å²) >= 11 is 0. The quantitative estimate of drug-likeness (QED) is 0.889. The average molecular weight is 260 g/mol. The first-order chi connectivity index (χ1) is 8.93. The zero-order chi connectivity index (χ0) is 14.2. The van der Waals surface area contributed by atoms with Crippen molar-refractivity contribution in [2.24, 2.45) is 11.8 Å². The first-order valence-corrected chi connectivity index (χ1v) is 7.09. The van der Waals surface area contributed by atoms with Gasteiger partial charge in [-0.05, 0) is 38.2 Å². The van der Waals surface area contributed by atoms with Crippen LogP contribution >= 0.6 is 0 Å². The third-order valence-corrected chi connectivity index (χ3v) is 3.84. The third kappa shape index (κ3) is 2.56. The van der Waals surface area contributed by atoms with E-state index < -0.39 is 0 Å². The minimum absolute atomic E-state index is 0.245. The second kappa shape index (κ2) is 5.16. The zero-order valence-corrected chi connectivity index (χ0v) is 12.3. The summed E-state index contributed by atoms with van der Waals surface area (Å²) in [4.78, 5) is 2.36. The molecule has 1 aliphatic heterocycles. The molecule has 2 heterocycles. The number of rotatable bonds is 2. The summed E-state index contributed by atoms with van der Waals surface area (Å²) in [7, 11) is 0. The van der Waals surface area contributed by atoms with Gasteiger partial charge >= 0.3 is 0 Å². The molecule has 4 heteroatoms. The van der Waals surface area contributed by atoms with E-state index in [9.17, 15) is 5.26 Å². The maximum absolute atomic E-state index is 9.26. The van der Waals surface area contributed by atoms with Crippen molar-refractivity contribution in [2.45, 2.75) is 40.2 Å². The van der Waals surface area contributed by atoms with Crippen LogP contribution in [0.4, 0.5) is 11.5 Å². The fourth-order valence-electron chi connectivity index (χ4n) is 3.31. The highest BCUT2D eigenvalue weighted by Crippen LogP contribution is 2.35. The van der Waals surface area contributed by atoms with Crippen LogP contribution < -0.4 is 10.6 Å². The average Bonchev–Trinajstić information content (AvgIpc) is 2.64. The molecule has 1 aromatic heterocycles. The van der Waals surface area contributed by atoms with Crippen LogP contribution in [0.2, 0.25) is 0 Å². The Bertz CT molecular complexity index is 485. The molecule has 1 saturated heterocycles. The van der Waals surface area contributed by atoms with E-state index in [0.717, 1.165) is 24.6 Å². The van der Waals surface area contributed by atoms with Crippen LogP contribution in [0.3, 0.4) is 0 Å². The maximum Gasteiger partial charge on any atom is 0.133 e. The number of nitrogens with zero attached hydrogens (tertiary/aromatic N) is 3. The van der Waals surface area contributed by atoms with Gasteiger partial charge in [-0.25, -0.2) is 0 Å². The summed E-state index contributed by atoms with van der Waals surface area (Å²) in [5.41, 5.74) is 7.55. The Kier molecular flexibility index (Phi) is 3.75. The van der Waals surface area contributed by atoms with Gasteiger partial charge in [0.05, 0.1) is 5.69 Å². The highest BCUT2D eigenvalue weighted by molar-refractivity contribution is 5.68. The Morgan fingerprint density at radius 3 is 2.37 bits per heavy atom. The predicted octanol–water partition coefficient (Wildman–Crippen LogP) is 3.01. The number of nitrogen functional groups attached to an aromatic ring is 1. The number of anilines is 2. The van der Waals surface area contributed by atoms with Crippen LogP contribution in [-0.4, -0.2) is 17.7 Å². The van der Waals surface area contributed by atoms with Crippen LogP contribution in [0.1, 0.15) is 45.9 Å². The van der Waals surface area contributed by atoms with Crippen molar-refractivity contribution < 1.29 is 0 Å². The maximum atomic E-state index is 9.26. The fourth-order valence-corrected chi connectivity index (χ4v) is 3.31. The summed E-state index contributed by atoms with van der Waals surface area (Å²) in [5, 5.41) is 9.26. The second-order valence-electron chi connectivity index (χ2n) is 6.24. The lowest BCUT2D eigenvalue weighted by Crippen LogP contribution is -2.40. The number of piperidine rings is 1. The largest absolute Gasteiger partial charge is 0.396 e. The molecule has 2 rings (SSSR count). The van der Waals surface area contributed by atoms with Crippen LogP contribution in [0.15, 0.2) is 6.07 Å². The van der Waals surface area contributed by atoms with Gasteiger partial charge in [0.1, 0.15) is 17.6 Å². The molecule has 0 bridgehead atoms. The Hall–Kier alpha value is -1.63. The molecule has 0 unspecified atom stereocenters. The first-order valence-electron chi connectivity index (χ1n) is 7.09. The van der Waals surface area contributed by atoms with Crippen molar-refractivity contribution in [3.8, 4) is 6.07 Å². The van der Waals surface area contributed by atoms with E-state index in [1.165, 1.54) is 6.42 Å². The molecule has 0 radical (unpaired) electrons. The smallest absolute Gasteiger partial charge is 0.133 e. The molecular formula is C15H24N4. The normalized spacial score (nSPS) is 23.7. The summed E-state index contributed by atoms with van der Waals surface area (Å²) in [6, 6.07) is 4.31. The molecule has 1 aliphatic rings. The van der Waals surface area contributed by atoms with Gasteiger partial charge in [0, 0.05) is 19.1 Å². The number of hydrogen-bond donors (Lipinski definition) is 1. The third-order valence-electron chi connectivity index (χ3n) is 3.84. The molecule has 104 valence electrons. The van der Waals surface area contributed by atoms with Gasteiger partial charge in [0.25, 0.3) is 0 Å². The van der Waals surface area contributed by atoms with Gasteiger partial charge in [0.15, 0.2) is 0 Å². The van der Waals surface area contributed by atoms with Gasteiger partial charge in [-0.2, -0.15) is 5.26 Å². The topological polar surface area (TPSA) is 58.0 Å². The van der Waals surface area contributed by atoms with Crippen LogP contribution in [-0.2, 0) is 0 Å². The van der Waals surface area contributed by atoms with Crippen LogP contribution in [0.5, 0.6) is 0 Å². The number of aromatic nitrogens is 1. The number of nitriles is 1. The van der Waals surface area contributed by atoms with Crippen molar-refractivity contribution in [3.05, 3.63) is 11.8 Å². The Morgan fingerprint density at radius 2 is 1.89 bits per heavy atom. The molecule has 0 saturated carbocycles. The summed E-state index contributed by atoms with van der Waals surface area (Å²) in [5.74, 6) is 2.37. The zero-order valence-electron chi connectivity index (χ0n) is 12.3. The minimum atomic E-state index is 0.245. The molecule has 19 heavy (non-hydrogen) atoms.